The SMILES string of the molecule is CC(C)c1cc(C(C)C)c(PCCCP(Cc2ccccc2)c2c(C(C)C)cc(C(C)C)cc2C(C)C)c(C(C)C)c1. The largest absolute Gasteiger partial charge is 0.0898 e. The Bertz CT molecular complexity index is 1210. The zero-order valence-electron chi connectivity index (χ0n) is 28.9. The van der Waals surface area contributed by atoms with Gasteiger partial charge in [0.1, 0.15) is 0 Å². The summed E-state index contributed by atoms with van der Waals surface area (Å²) in [6.07, 6.45) is 5.11. The van der Waals surface area contributed by atoms with E-state index in [1.54, 1.807) is 32.9 Å². The molecule has 230 valence electrons. The molecule has 0 saturated carbocycles. The van der Waals surface area contributed by atoms with E-state index < -0.39 is 0 Å². The van der Waals surface area contributed by atoms with Gasteiger partial charge in [0.25, 0.3) is 0 Å². The van der Waals surface area contributed by atoms with Crippen molar-refractivity contribution in [3.05, 3.63) is 93.5 Å². The summed E-state index contributed by atoms with van der Waals surface area (Å²) in [5, 5.41) is 3.39. The lowest BCUT2D eigenvalue weighted by atomic mass is 9.89. The Balaban J connectivity index is 1.98. The van der Waals surface area contributed by atoms with Crippen LogP contribution in [0.5, 0.6) is 0 Å². The van der Waals surface area contributed by atoms with E-state index in [0.717, 1.165) is 8.58 Å². The molecular weight excluding hydrogens is 542 g/mol. The predicted molar refractivity (Wildman–Crippen MR) is 196 cm³/mol. The van der Waals surface area contributed by atoms with Crippen molar-refractivity contribution in [3.63, 3.8) is 0 Å². The first-order valence-electron chi connectivity index (χ1n) is 16.7. The normalized spacial score (nSPS) is 13.3. The smallest absolute Gasteiger partial charge is 0.00326 e. The van der Waals surface area contributed by atoms with Gasteiger partial charge in [0.05, 0.1) is 0 Å². The molecule has 0 amide bonds. The summed E-state index contributed by atoms with van der Waals surface area (Å²) in [5.74, 6) is 3.36. The van der Waals surface area contributed by atoms with Crippen molar-refractivity contribution in [1.82, 2.24) is 0 Å². The van der Waals surface area contributed by atoms with Crippen LogP contribution in [0.2, 0.25) is 0 Å². The maximum Gasteiger partial charge on any atom is -0.00326 e. The summed E-state index contributed by atoms with van der Waals surface area (Å²) in [6.45, 7) is 28.6. The summed E-state index contributed by atoms with van der Waals surface area (Å²) < 4.78 is 0. The summed E-state index contributed by atoms with van der Waals surface area (Å²) in [6, 6.07) is 21.5. The Morgan fingerprint density at radius 2 is 0.976 bits per heavy atom. The highest BCUT2D eigenvalue weighted by molar-refractivity contribution is 7.65. The van der Waals surface area contributed by atoms with Gasteiger partial charge in [-0.3, -0.25) is 0 Å². The van der Waals surface area contributed by atoms with Gasteiger partial charge in [-0.05, 0) is 110 Å². The monoisotopic (exact) mass is 602 g/mol. The summed E-state index contributed by atoms with van der Waals surface area (Å²) in [5.41, 5.74) is 10.9. The maximum atomic E-state index is 2.57. The Morgan fingerprint density at radius 1 is 0.548 bits per heavy atom. The van der Waals surface area contributed by atoms with Crippen LogP contribution in [0.1, 0.15) is 164 Å². The standard InChI is InChI=1S/C40H60P2/c1-26(2)33-21-35(28(5)6)39(36(22-33)29(7)8)41-19-16-20-42(25-32-17-14-13-15-18-32)40-37(30(9)10)23-34(27(3)4)24-38(40)31(11)12/h13-15,17-18,21-24,26-31,41H,16,19-20,25H2,1-12H3. The van der Waals surface area contributed by atoms with Crippen LogP contribution in [-0.2, 0) is 6.16 Å². The molecule has 0 fully saturated rings. The molecule has 3 aromatic rings. The van der Waals surface area contributed by atoms with Crippen molar-refractivity contribution < 1.29 is 0 Å². The van der Waals surface area contributed by atoms with Gasteiger partial charge < -0.3 is 0 Å². The molecule has 0 spiro atoms. The molecule has 0 N–H and O–H groups in total. The van der Waals surface area contributed by atoms with E-state index in [0.29, 0.717) is 35.5 Å². The Kier molecular flexibility index (Phi) is 13.3. The van der Waals surface area contributed by atoms with Crippen molar-refractivity contribution in [2.45, 2.75) is 131 Å². The van der Waals surface area contributed by atoms with Gasteiger partial charge in [-0.1, -0.05) is 154 Å². The van der Waals surface area contributed by atoms with Crippen LogP contribution in [0.25, 0.3) is 0 Å². The van der Waals surface area contributed by atoms with Gasteiger partial charge in [-0.2, -0.15) is 0 Å². The molecule has 0 heterocycles. The first-order chi connectivity index (χ1) is 19.8. The fourth-order valence-electron chi connectivity index (χ4n) is 6.00. The van der Waals surface area contributed by atoms with Crippen LogP contribution in [0, 0.1) is 0 Å². The van der Waals surface area contributed by atoms with Gasteiger partial charge in [-0.25, -0.2) is 0 Å². The lowest BCUT2D eigenvalue weighted by Crippen LogP contribution is -2.21. The third kappa shape index (κ3) is 9.02. The Hall–Kier alpha value is -1.48. The molecule has 0 radical (unpaired) electrons. The summed E-state index contributed by atoms with van der Waals surface area (Å²) >= 11 is 0. The fourth-order valence-corrected chi connectivity index (χ4v) is 11.1. The van der Waals surface area contributed by atoms with E-state index in [1.165, 1.54) is 41.6 Å². The van der Waals surface area contributed by atoms with Crippen LogP contribution in [0.15, 0.2) is 54.6 Å². The highest BCUT2D eigenvalue weighted by Gasteiger charge is 2.24. The molecule has 2 unspecified atom stereocenters. The lowest BCUT2D eigenvalue weighted by molar-refractivity contribution is 0.813. The van der Waals surface area contributed by atoms with Crippen LogP contribution >= 0.6 is 16.5 Å². The van der Waals surface area contributed by atoms with Crippen LogP contribution in [0.3, 0.4) is 0 Å². The molecular formula is C40H60P2. The average Bonchev–Trinajstić information content (AvgIpc) is 2.93. The fraction of sp³-hybridized carbons (Fsp3) is 0.550. The van der Waals surface area contributed by atoms with Crippen LogP contribution in [-0.4, -0.2) is 12.3 Å². The van der Waals surface area contributed by atoms with E-state index in [9.17, 15) is 0 Å². The van der Waals surface area contributed by atoms with Crippen molar-refractivity contribution in [2.24, 2.45) is 0 Å². The molecule has 2 heteroatoms. The molecule has 2 atom stereocenters. The van der Waals surface area contributed by atoms with E-state index in [2.05, 4.69) is 138 Å². The third-order valence-corrected chi connectivity index (χ3v) is 13.0. The molecule has 0 bridgehead atoms. The van der Waals surface area contributed by atoms with Crippen LogP contribution < -0.4 is 10.6 Å². The van der Waals surface area contributed by atoms with E-state index in [1.807, 2.05) is 0 Å². The van der Waals surface area contributed by atoms with E-state index in [-0.39, 0.29) is 7.92 Å². The Morgan fingerprint density at radius 3 is 1.38 bits per heavy atom. The second-order valence-electron chi connectivity index (χ2n) is 14.2. The first-order valence-corrected chi connectivity index (χ1v) is 19.6. The molecule has 0 saturated heterocycles. The predicted octanol–water partition coefficient (Wildman–Crippen LogP) is 12.1. The highest BCUT2D eigenvalue weighted by atomic mass is 31.1. The maximum absolute atomic E-state index is 2.57. The molecule has 0 aromatic heterocycles. The molecule has 0 aliphatic heterocycles. The van der Waals surface area contributed by atoms with E-state index in [4.69, 9.17) is 0 Å². The summed E-state index contributed by atoms with van der Waals surface area (Å²) in [4.78, 5) is 0. The van der Waals surface area contributed by atoms with Crippen molar-refractivity contribution in [1.29, 1.82) is 0 Å². The van der Waals surface area contributed by atoms with Gasteiger partial charge in [0, 0.05) is 0 Å². The third-order valence-electron chi connectivity index (χ3n) is 8.67. The van der Waals surface area contributed by atoms with Crippen molar-refractivity contribution >= 4 is 27.1 Å². The highest BCUT2D eigenvalue weighted by Crippen LogP contribution is 2.45. The molecule has 0 aliphatic rings. The zero-order chi connectivity index (χ0) is 31.1. The average molecular weight is 603 g/mol. The minimum absolute atomic E-state index is 0.300. The van der Waals surface area contributed by atoms with Crippen molar-refractivity contribution in [3.8, 4) is 0 Å². The molecule has 0 nitrogen and oxygen atoms in total. The molecule has 0 aliphatic carbocycles. The van der Waals surface area contributed by atoms with Gasteiger partial charge in [-0.15, -0.1) is 0 Å². The van der Waals surface area contributed by atoms with Crippen LogP contribution in [0.4, 0.5) is 0 Å². The quantitative estimate of drug-likeness (QED) is 0.127. The number of hydrogen-bond donors (Lipinski definition) is 0. The van der Waals surface area contributed by atoms with Crippen molar-refractivity contribution in [2.75, 3.05) is 12.3 Å². The van der Waals surface area contributed by atoms with E-state index >= 15 is 0 Å². The Labute approximate surface area is 263 Å². The summed E-state index contributed by atoms with van der Waals surface area (Å²) in [7, 11) is 0.593. The number of rotatable bonds is 14. The first kappa shape index (κ1) is 35.0. The van der Waals surface area contributed by atoms with Gasteiger partial charge in [0.2, 0.25) is 0 Å². The zero-order valence-corrected chi connectivity index (χ0v) is 30.8. The second-order valence-corrected chi connectivity index (χ2v) is 17.9. The topological polar surface area (TPSA) is 0 Å². The number of benzene rings is 3. The molecule has 3 aromatic carbocycles. The molecule has 3 rings (SSSR count). The van der Waals surface area contributed by atoms with Gasteiger partial charge in [0.15, 0.2) is 0 Å². The minimum atomic E-state index is -0.300. The lowest BCUT2D eigenvalue weighted by Gasteiger charge is -2.29. The second kappa shape index (κ2) is 16.0. The minimum Gasteiger partial charge on any atom is -0.0898 e. The van der Waals surface area contributed by atoms with Gasteiger partial charge >= 0.3 is 0 Å². The molecule has 42 heavy (non-hydrogen) atoms. The number of hydrogen-bond acceptors (Lipinski definition) is 0.